The molecule has 1 fully saturated rings. The molecule has 2 aromatic rings. The summed E-state index contributed by atoms with van der Waals surface area (Å²) < 4.78 is 2.36. The molecule has 1 N–H and O–H groups in total. The molecule has 0 spiro atoms. The second kappa shape index (κ2) is 5.96. The molecule has 0 aliphatic heterocycles. The van der Waals surface area contributed by atoms with Gasteiger partial charge >= 0.3 is 0 Å². The van der Waals surface area contributed by atoms with E-state index < -0.39 is 0 Å². The zero-order chi connectivity index (χ0) is 13.9. The van der Waals surface area contributed by atoms with Gasteiger partial charge < -0.3 is 9.67 Å². The number of nitrogens with zero attached hydrogens (tertiary/aromatic N) is 2. The van der Waals surface area contributed by atoms with Crippen LogP contribution in [-0.2, 0) is 13.0 Å². The third kappa shape index (κ3) is 2.59. The normalized spacial score (nSPS) is 22.7. The van der Waals surface area contributed by atoms with Crippen molar-refractivity contribution in [1.82, 2.24) is 9.55 Å². The van der Waals surface area contributed by atoms with E-state index in [0.717, 1.165) is 37.7 Å². The van der Waals surface area contributed by atoms with E-state index in [1.54, 1.807) is 0 Å². The summed E-state index contributed by atoms with van der Waals surface area (Å²) in [7, 11) is 0. The number of para-hydroxylation sites is 2. The summed E-state index contributed by atoms with van der Waals surface area (Å²) in [4.78, 5) is 4.77. The standard InChI is InChI=1S/C17H24N2O/c1-2-6-17-18-14-8-3-4-9-15(14)19(17)12-11-13-7-5-10-16(13)20/h3-4,8-9,13,16,20H,2,5-7,10-12H2,1H3. The molecule has 1 aromatic heterocycles. The first-order valence-electron chi connectivity index (χ1n) is 7.91. The molecule has 0 saturated heterocycles. The number of rotatable bonds is 5. The van der Waals surface area contributed by atoms with Crippen LogP contribution in [0.1, 0.15) is 44.9 Å². The molecule has 2 unspecified atom stereocenters. The van der Waals surface area contributed by atoms with Crippen LogP contribution in [0.15, 0.2) is 24.3 Å². The zero-order valence-electron chi connectivity index (χ0n) is 12.3. The molecule has 1 aliphatic rings. The Kier molecular flexibility index (Phi) is 4.06. The summed E-state index contributed by atoms with van der Waals surface area (Å²) in [5.74, 6) is 1.67. The molecule has 2 atom stereocenters. The highest BCUT2D eigenvalue weighted by Gasteiger charge is 2.25. The van der Waals surface area contributed by atoms with E-state index in [-0.39, 0.29) is 6.10 Å². The smallest absolute Gasteiger partial charge is 0.109 e. The maximum atomic E-state index is 9.98. The molecule has 3 rings (SSSR count). The van der Waals surface area contributed by atoms with E-state index in [9.17, 15) is 5.11 Å². The van der Waals surface area contributed by atoms with Gasteiger partial charge in [0.1, 0.15) is 5.82 Å². The van der Waals surface area contributed by atoms with Gasteiger partial charge in [-0.2, -0.15) is 0 Å². The van der Waals surface area contributed by atoms with Crippen LogP contribution < -0.4 is 0 Å². The van der Waals surface area contributed by atoms with Gasteiger partial charge in [0.15, 0.2) is 0 Å². The highest BCUT2D eigenvalue weighted by Crippen LogP contribution is 2.29. The van der Waals surface area contributed by atoms with Gasteiger partial charge in [0.25, 0.3) is 0 Å². The van der Waals surface area contributed by atoms with Gasteiger partial charge in [-0.25, -0.2) is 4.98 Å². The number of aromatic nitrogens is 2. The average Bonchev–Trinajstić information content (AvgIpc) is 3.01. The number of benzene rings is 1. The number of aryl methyl sites for hydroxylation is 2. The predicted molar refractivity (Wildman–Crippen MR) is 81.7 cm³/mol. The second-order valence-corrected chi connectivity index (χ2v) is 5.97. The Hall–Kier alpha value is -1.35. The van der Waals surface area contributed by atoms with Gasteiger partial charge in [-0.3, -0.25) is 0 Å². The van der Waals surface area contributed by atoms with E-state index in [1.807, 2.05) is 0 Å². The molecule has 20 heavy (non-hydrogen) atoms. The van der Waals surface area contributed by atoms with Crippen LogP contribution in [0.3, 0.4) is 0 Å². The van der Waals surface area contributed by atoms with Crippen molar-refractivity contribution in [2.75, 3.05) is 0 Å². The van der Waals surface area contributed by atoms with Gasteiger partial charge in [-0.15, -0.1) is 0 Å². The van der Waals surface area contributed by atoms with Crippen molar-refractivity contribution in [3.8, 4) is 0 Å². The number of imidazole rings is 1. The Morgan fingerprint density at radius 1 is 1.30 bits per heavy atom. The fraction of sp³-hybridized carbons (Fsp3) is 0.588. The number of aliphatic hydroxyl groups excluding tert-OH is 1. The van der Waals surface area contributed by atoms with Crippen LogP contribution in [0.2, 0.25) is 0 Å². The zero-order valence-corrected chi connectivity index (χ0v) is 12.3. The molecule has 1 saturated carbocycles. The predicted octanol–water partition coefficient (Wildman–Crippen LogP) is 3.54. The van der Waals surface area contributed by atoms with E-state index in [4.69, 9.17) is 4.98 Å². The van der Waals surface area contributed by atoms with Crippen LogP contribution in [0.25, 0.3) is 11.0 Å². The quantitative estimate of drug-likeness (QED) is 0.904. The SMILES string of the molecule is CCCc1nc2ccccc2n1CCC1CCCC1O. The maximum absolute atomic E-state index is 9.98. The fourth-order valence-corrected chi connectivity index (χ4v) is 3.44. The Labute approximate surface area is 120 Å². The molecule has 3 heteroatoms. The van der Waals surface area contributed by atoms with Gasteiger partial charge in [-0.1, -0.05) is 25.5 Å². The van der Waals surface area contributed by atoms with Crippen LogP contribution in [0, 0.1) is 5.92 Å². The summed E-state index contributed by atoms with van der Waals surface area (Å²) in [6.07, 6.45) is 6.47. The van der Waals surface area contributed by atoms with E-state index in [1.165, 1.54) is 24.2 Å². The summed E-state index contributed by atoms with van der Waals surface area (Å²) in [6, 6.07) is 8.39. The van der Waals surface area contributed by atoms with Crippen molar-refractivity contribution in [3.05, 3.63) is 30.1 Å². The number of aliphatic hydroxyl groups is 1. The first-order chi connectivity index (χ1) is 9.79. The molecule has 1 heterocycles. The number of fused-ring (bicyclic) bond motifs is 1. The van der Waals surface area contributed by atoms with E-state index in [2.05, 4.69) is 35.8 Å². The summed E-state index contributed by atoms with van der Waals surface area (Å²) in [5, 5.41) is 9.98. The van der Waals surface area contributed by atoms with Crippen molar-refractivity contribution < 1.29 is 5.11 Å². The van der Waals surface area contributed by atoms with Crippen molar-refractivity contribution in [1.29, 1.82) is 0 Å². The number of hydrogen-bond donors (Lipinski definition) is 1. The largest absolute Gasteiger partial charge is 0.393 e. The van der Waals surface area contributed by atoms with Gasteiger partial charge in [0.05, 0.1) is 17.1 Å². The highest BCUT2D eigenvalue weighted by molar-refractivity contribution is 5.75. The minimum atomic E-state index is -0.0839. The monoisotopic (exact) mass is 272 g/mol. The maximum Gasteiger partial charge on any atom is 0.109 e. The van der Waals surface area contributed by atoms with Crippen molar-refractivity contribution in [2.45, 2.75) is 58.1 Å². The molecule has 108 valence electrons. The molecular weight excluding hydrogens is 248 g/mol. The van der Waals surface area contributed by atoms with E-state index >= 15 is 0 Å². The molecule has 1 aromatic carbocycles. The minimum absolute atomic E-state index is 0.0839. The Morgan fingerprint density at radius 3 is 2.90 bits per heavy atom. The van der Waals surface area contributed by atoms with Crippen LogP contribution in [0.5, 0.6) is 0 Å². The molecular formula is C17H24N2O. The van der Waals surface area contributed by atoms with Gasteiger partial charge in [0.2, 0.25) is 0 Å². The Morgan fingerprint density at radius 2 is 2.15 bits per heavy atom. The van der Waals surface area contributed by atoms with E-state index in [0.29, 0.717) is 5.92 Å². The Balaban J connectivity index is 1.83. The molecule has 0 radical (unpaired) electrons. The van der Waals surface area contributed by atoms with Gasteiger partial charge in [-0.05, 0) is 43.7 Å². The number of hydrogen-bond acceptors (Lipinski definition) is 2. The second-order valence-electron chi connectivity index (χ2n) is 5.97. The third-order valence-electron chi connectivity index (χ3n) is 4.55. The van der Waals surface area contributed by atoms with Crippen LogP contribution >= 0.6 is 0 Å². The van der Waals surface area contributed by atoms with Crippen molar-refractivity contribution in [2.24, 2.45) is 5.92 Å². The minimum Gasteiger partial charge on any atom is -0.393 e. The lowest BCUT2D eigenvalue weighted by Gasteiger charge is -2.16. The summed E-state index contributed by atoms with van der Waals surface area (Å²) in [6.45, 7) is 3.18. The first-order valence-corrected chi connectivity index (χ1v) is 7.91. The molecule has 1 aliphatic carbocycles. The summed E-state index contributed by atoms with van der Waals surface area (Å²) in [5.41, 5.74) is 2.34. The van der Waals surface area contributed by atoms with Gasteiger partial charge in [0, 0.05) is 13.0 Å². The van der Waals surface area contributed by atoms with Crippen molar-refractivity contribution >= 4 is 11.0 Å². The van der Waals surface area contributed by atoms with Crippen LogP contribution in [0.4, 0.5) is 0 Å². The molecule has 3 nitrogen and oxygen atoms in total. The lowest BCUT2D eigenvalue weighted by atomic mass is 10.0. The lowest BCUT2D eigenvalue weighted by Crippen LogP contribution is -2.16. The van der Waals surface area contributed by atoms with Crippen LogP contribution in [-0.4, -0.2) is 20.8 Å². The van der Waals surface area contributed by atoms with Crippen molar-refractivity contribution in [3.63, 3.8) is 0 Å². The topological polar surface area (TPSA) is 38.0 Å². The Bertz CT molecular complexity index is 575. The summed E-state index contributed by atoms with van der Waals surface area (Å²) >= 11 is 0. The average molecular weight is 272 g/mol. The fourth-order valence-electron chi connectivity index (χ4n) is 3.44. The first kappa shape index (κ1) is 13.6. The highest BCUT2D eigenvalue weighted by atomic mass is 16.3. The molecule has 0 bridgehead atoms. The lowest BCUT2D eigenvalue weighted by molar-refractivity contribution is 0.125. The third-order valence-corrected chi connectivity index (χ3v) is 4.55. The molecule has 0 amide bonds.